The van der Waals surface area contributed by atoms with Gasteiger partial charge < -0.3 is 11.5 Å². The van der Waals surface area contributed by atoms with E-state index >= 15 is 0 Å². The van der Waals surface area contributed by atoms with E-state index in [4.69, 9.17) is 11.5 Å². The number of anilines is 2. The van der Waals surface area contributed by atoms with Gasteiger partial charge in [0.1, 0.15) is 11.5 Å². The summed E-state index contributed by atoms with van der Waals surface area (Å²) >= 11 is 0.585. The predicted molar refractivity (Wildman–Crippen MR) is 65.0 cm³/mol. The van der Waals surface area contributed by atoms with Gasteiger partial charge in [0.15, 0.2) is 11.3 Å². The molecule has 0 amide bonds. The van der Waals surface area contributed by atoms with Crippen molar-refractivity contribution in [1.82, 2.24) is 0 Å². The van der Waals surface area contributed by atoms with E-state index in [0.29, 0.717) is 23.0 Å². The lowest BCUT2D eigenvalue weighted by Gasteiger charge is -2.06. The summed E-state index contributed by atoms with van der Waals surface area (Å²) in [6.07, 6.45) is 0. The van der Waals surface area contributed by atoms with E-state index in [2.05, 4.69) is 0 Å². The van der Waals surface area contributed by atoms with Gasteiger partial charge >= 0.3 is 0 Å². The van der Waals surface area contributed by atoms with E-state index in [-0.39, 0.29) is 10.6 Å². The van der Waals surface area contributed by atoms with Crippen LogP contribution in [-0.2, 0) is 4.79 Å². The minimum Gasteiger partial charge on any atom is -0.399 e. The second kappa shape index (κ2) is 4.24. The first-order valence-corrected chi connectivity index (χ1v) is 5.53. The smallest absolute Gasteiger partial charge is 0.188 e. The Balaban J connectivity index is 2.59. The average molecular weight is 254 g/mol. The molecule has 1 atom stereocenters. The standard InChI is InChI=1S/C11H8F2N2OS/c12-9-7(4-16)11(13)17-10(9)6-3-5(14)1-2-8(6)15/h1-3,11H,14-15H2. The van der Waals surface area contributed by atoms with Gasteiger partial charge in [0.2, 0.25) is 0 Å². The highest BCUT2D eigenvalue weighted by molar-refractivity contribution is 8.09. The van der Waals surface area contributed by atoms with Crippen LogP contribution in [0.3, 0.4) is 0 Å². The van der Waals surface area contributed by atoms with Crippen LogP contribution < -0.4 is 11.5 Å². The fourth-order valence-corrected chi connectivity index (χ4v) is 2.47. The van der Waals surface area contributed by atoms with Gasteiger partial charge in [0, 0.05) is 16.9 Å². The third-order valence-electron chi connectivity index (χ3n) is 2.32. The number of nitrogens with two attached hydrogens (primary N) is 2. The molecule has 0 aliphatic carbocycles. The predicted octanol–water partition coefficient (Wildman–Crippen LogP) is 2.29. The van der Waals surface area contributed by atoms with Crippen LogP contribution in [0, 0.1) is 0 Å². The van der Waals surface area contributed by atoms with Gasteiger partial charge in [-0.25, -0.2) is 13.6 Å². The largest absolute Gasteiger partial charge is 0.399 e. The average Bonchev–Trinajstić information content (AvgIpc) is 2.57. The summed E-state index contributed by atoms with van der Waals surface area (Å²) in [5, 5.41) is 0. The number of rotatable bonds is 1. The molecule has 1 aliphatic heterocycles. The van der Waals surface area contributed by atoms with Gasteiger partial charge in [-0.2, -0.15) is 0 Å². The van der Waals surface area contributed by atoms with E-state index in [9.17, 15) is 13.6 Å². The van der Waals surface area contributed by atoms with Crippen LogP contribution in [0.25, 0.3) is 4.91 Å². The van der Waals surface area contributed by atoms with Gasteiger partial charge in [0.05, 0.1) is 4.91 Å². The van der Waals surface area contributed by atoms with E-state index in [1.807, 2.05) is 0 Å². The molecule has 0 saturated carbocycles. The molecule has 0 fully saturated rings. The Kier molecular flexibility index (Phi) is 2.92. The number of hydrogen-bond donors (Lipinski definition) is 2. The molecule has 3 nitrogen and oxygen atoms in total. The van der Waals surface area contributed by atoms with E-state index in [0.717, 1.165) is 0 Å². The first kappa shape index (κ1) is 11.7. The molecule has 1 heterocycles. The summed E-state index contributed by atoms with van der Waals surface area (Å²) in [4.78, 5) is 10.4. The number of carbonyl (C=O) groups excluding carboxylic acids is 1. The van der Waals surface area contributed by atoms with Crippen molar-refractivity contribution in [2.45, 2.75) is 5.50 Å². The van der Waals surface area contributed by atoms with Crippen LogP contribution in [0.4, 0.5) is 20.2 Å². The van der Waals surface area contributed by atoms with Crippen LogP contribution in [0.2, 0.25) is 0 Å². The van der Waals surface area contributed by atoms with Gasteiger partial charge in [-0.05, 0) is 18.2 Å². The zero-order valence-corrected chi connectivity index (χ0v) is 9.35. The number of alkyl halides is 1. The van der Waals surface area contributed by atoms with Crippen molar-refractivity contribution in [3.8, 4) is 0 Å². The van der Waals surface area contributed by atoms with Crippen molar-refractivity contribution < 1.29 is 13.6 Å². The maximum atomic E-state index is 13.7. The lowest BCUT2D eigenvalue weighted by Crippen LogP contribution is -1.94. The first-order chi connectivity index (χ1) is 8.04. The number of hydrogen-bond acceptors (Lipinski definition) is 4. The SMILES string of the molecule is Nc1ccc(N)c(C2=C(F)C(=C=O)C(F)S2)c1. The zero-order chi connectivity index (χ0) is 12.6. The molecule has 6 heteroatoms. The van der Waals surface area contributed by atoms with E-state index in [1.165, 1.54) is 18.1 Å². The van der Waals surface area contributed by atoms with E-state index in [1.54, 1.807) is 6.07 Å². The normalized spacial score (nSPS) is 19.6. The van der Waals surface area contributed by atoms with Gasteiger partial charge in [-0.1, -0.05) is 11.8 Å². The number of allylic oxidation sites excluding steroid dienone is 1. The maximum Gasteiger partial charge on any atom is 0.188 e. The first-order valence-electron chi connectivity index (χ1n) is 4.66. The molecule has 0 bridgehead atoms. The molecule has 1 aromatic rings. The summed E-state index contributed by atoms with van der Waals surface area (Å²) in [6, 6.07) is 4.50. The minimum atomic E-state index is -1.75. The molecule has 1 aromatic carbocycles. The van der Waals surface area contributed by atoms with Gasteiger partial charge in [-0.15, -0.1) is 0 Å². The highest BCUT2D eigenvalue weighted by Crippen LogP contribution is 2.48. The van der Waals surface area contributed by atoms with Crippen molar-refractivity contribution in [3.63, 3.8) is 0 Å². The van der Waals surface area contributed by atoms with Crippen molar-refractivity contribution >= 4 is 34.0 Å². The Hall–Kier alpha value is -1.78. The fourth-order valence-electron chi connectivity index (χ4n) is 1.48. The Labute approximate surface area is 100 Å². The second-order valence-electron chi connectivity index (χ2n) is 3.44. The zero-order valence-electron chi connectivity index (χ0n) is 8.54. The summed E-state index contributed by atoms with van der Waals surface area (Å²) < 4.78 is 27.0. The molecule has 1 aliphatic rings. The minimum absolute atomic E-state index is 0.0133. The number of halogens is 2. The molecule has 1 unspecified atom stereocenters. The molecule has 0 spiro atoms. The molecule has 88 valence electrons. The Morgan fingerprint density at radius 2 is 2.06 bits per heavy atom. The Bertz CT molecular complexity index is 565. The molecular formula is C11H8F2N2OS. The molecule has 17 heavy (non-hydrogen) atoms. The van der Waals surface area contributed by atoms with Crippen molar-refractivity contribution in [3.05, 3.63) is 35.2 Å². The lowest BCUT2D eigenvalue weighted by atomic mass is 10.1. The topological polar surface area (TPSA) is 69.1 Å². The monoisotopic (exact) mass is 254 g/mol. The number of thioether (sulfide) groups is 1. The quantitative estimate of drug-likeness (QED) is 0.596. The van der Waals surface area contributed by atoms with Crippen LogP contribution in [-0.4, -0.2) is 11.4 Å². The van der Waals surface area contributed by atoms with Gasteiger partial charge in [-0.3, -0.25) is 0 Å². The molecule has 0 saturated heterocycles. The van der Waals surface area contributed by atoms with Crippen molar-refractivity contribution in [1.29, 1.82) is 0 Å². The summed E-state index contributed by atoms with van der Waals surface area (Å²) in [5.41, 5.74) is 9.80. The van der Waals surface area contributed by atoms with Crippen molar-refractivity contribution in [2.75, 3.05) is 11.5 Å². The van der Waals surface area contributed by atoms with Crippen LogP contribution in [0.15, 0.2) is 29.6 Å². The van der Waals surface area contributed by atoms with Crippen LogP contribution in [0.5, 0.6) is 0 Å². The molecule has 0 radical (unpaired) electrons. The molecular weight excluding hydrogens is 246 g/mol. The number of benzene rings is 1. The lowest BCUT2D eigenvalue weighted by molar-refractivity contribution is 0.489. The van der Waals surface area contributed by atoms with Crippen LogP contribution >= 0.6 is 11.8 Å². The van der Waals surface area contributed by atoms with Crippen LogP contribution in [0.1, 0.15) is 5.56 Å². The summed E-state index contributed by atoms with van der Waals surface area (Å²) in [5.74, 6) is 0.342. The van der Waals surface area contributed by atoms with E-state index < -0.39 is 16.9 Å². The molecule has 4 N–H and O–H groups in total. The highest BCUT2D eigenvalue weighted by atomic mass is 32.2. The fraction of sp³-hybridized carbons (Fsp3) is 0.0909. The molecule has 0 aromatic heterocycles. The summed E-state index contributed by atoms with van der Waals surface area (Å²) in [7, 11) is 0. The second-order valence-corrected chi connectivity index (χ2v) is 4.50. The Morgan fingerprint density at radius 3 is 2.65 bits per heavy atom. The number of nitrogen functional groups attached to an aromatic ring is 2. The van der Waals surface area contributed by atoms with Crippen molar-refractivity contribution in [2.24, 2.45) is 0 Å². The highest BCUT2D eigenvalue weighted by Gasteiger charge is 2.33. The third-order valence-corrected chi connectivity index (χ3v) is 3.39. The third kappa shape index (κ3) is 1.92. The molecule has 2 rings (SSSR count). The Morgan fingerprint density at radius 1 is 1.35 bits per heavy atom. The van der Waals surface area contributed by atoms with Gasteiger partial charge in [0.25, 0.3) is 0 Å². The summed E-state index contributed by atoms with van der Waals surface area (Å²) in [6.45, 7) is 0. The maximum absolute atomic E-state index is 13.7.